The lowest BCUT2D eigenvalue weighted by Crippen LogP contribution is -2.36. The molecule has 0 saturated heterocycles. The molecule has 0 bridgehead atoms. The van der Waals surface area contributed by atoms with Crippen molar-refractivity contribution in [1.29, 1.82) is 0 Å². The van der Waals surface area contributed by atoms with Gasteiger partial charge in [0.15, 0.2) is 5.82 Å². The number of rotatable bonds is 4. The molecule has 21 heavy (non-hydrogen) atoms. The fourth-order valence-electron chi connectivity index (χ4n) is 2.43. The van der Waals surface area contributed by atoms with Crippen LogP contribution < -0.4 is 5.32 Å². The summed E-state index contributed by atoms with van der Waals surface area (Å²) in [6.45, 7) is 2.04. The maximum Gasteiger partial charge on any atom is 0.239 e. The Balaban J connectivity index is 1.53. The molecule has 1 N–H and O–H groups in total. The van der Waals surface area contributed by atoms with Crippen molar-refractivity contribution in [3.63, 3.8) is 0 Å². The number of amides is 1. The van der Waals surface area contributed by atoms with Crippen molar-refractivity contribution in [2.75, 3.05) is 25.0 Å². The first kappa shape index (κ1) is 13.6. The molecule has 0 aliphatic carbocycles. The van der Waals surface area contributed by atoms with Crippen molar-refractivity contribution in [3.8, 4) is 0 Å². The lowest BCUT2D eigenvalue weighted by molar-refractivity contribution is -0.117. The molecule has 3 rings (SSSR count). The van der Waals surface area contributed by atoms with Gasteiger partial charge in [0.25, 0.3) is 0 Å². The zero-order chi connectivity index (χ0) is 14.5. The Morgan fingerprint density at radius 1 is 1.29 bits per heavy atom. The van der Waals surface area contributed by atoms with Crippen LogP contribution in [0.5, 0.6) is 0 Å². The van der Waals surface area contributed by atoms with Gasteiger partial charge in [-0.3, -0.25) is 9.69 Å². The minimum absolute atomic E-state index is 0.0690. The quantitative estimate of drug-likeness (QED) is 0.936. The molecule has 5 heteroatoms. The monoisotopic (exact) mass is 283 g/mol. The number of anilines is 1. The van der Waals surface area contributed by atoms with Gasteiger partial charge in [0.05, 0.1) is 6.54 Å². The smallest absolute Gasteiger partial charge is 0.239 e. The van der Waals surface area contributed by atoms with Crippen LogP contribution in [-0.4, -0.2) is 35.6 Å². The Hall–Kier alpha value is -2.40. The fourth-order valence-corrected chi connectivity index (χ4v) is 2.43. The summed E-state index contributed by atoms with van der Waals surface area (Å²) in [7, 11) is 0. The summed E-state index contributed by atoms with van der Waals surface area (Å²) >= 11 is 0. The molecule has 2 aromatic rings. The molecule has 2 heterocycles. The van der Waals surface area contributed by atoms with Crippen LogP contribution in [0.3, 0.4) is 0 Å². The van der Waals surface area contributed by atoms with Crippen LogP contribution in [0.4, 0.5) is 5.82 Å². The molecule has 108 valence electrons. The highest BCUT2D eigenvalue weighted by atomic mass is 16.5. The molecule has 0 fully saturated rings. The summed E-state index contributed by atoms with van der Waals surface area (Å²) in [4.78, 5) is 14.0. The highest BCUT2D eigenvalue weighted by molar-refractivity contribution is 5.91. The Morgan fingerprint density at radius 3 is 2.81 bits per heavy atom. The second-order valence-electron chi connectivity index (χ2n) is 5.01. The first-order valence-corrected chi connectivity index (χ1v) is 6.98. The van der Waals surface area contributed by atoms with Crippen molar-refractivity contribution in [3.05, 3.63) is 54.3 Å². The number of carbonyl (C=O) groups is 1. The molecule has 1 aliphatic rings. The molecule has 0 saturated carbocycles. The van der Waals surface area contributed by atoms with Gasteiger partial charge in [0.1, 0.15) is 6.26 Å². The van der Waals surface area contributed by atoms with E-state index in [1.165, 1.54) is 17.4 Å². The zero-order valence-electron chi connectivity index (χ0n) is 11.7. The van der Waals surface area contributed by atoms with Crippen LogP contribution >= 0.6 is 0 Å². The van der Waals surface area contributed by atoms with E-state index in [9.17, 15) is 4.79 Å². The van der Waals surface area contributed by atoms with Crippen molar-refractivity contribution in [2.24, 2.45) is 0 Å². The van der Waals surface area contributed by atoms with E-state index < -0.39 is 0 Å². The summed E-state index contributed by atoms with van der Waals surface area (Å²) in [6.07, 6.45) is 4.59. The van der Waals surface area contributed by atoms with Gasteiger partial charge in [-0.1, -0.05) is 41.6 Å². The molecule has 0 radical (unpaired) electrons. The zero-order valence-corrected chi connectivity index (χ0v) is 11.7. The van der Waals surface area contributed by atoms with Crippen molar-refractivity contribution in [1.82, 2.24) is 10.1 Å². The highest BCUT2D eigenvalue weighted by Gasteiger charge is 2.16. The van der Waals surface area contributed by atoms with Crippen LogP contribution in [0.1, 0.15) is 12.0 Å². The summed E-state index contributed by atoms with van der Waals surface area (Å²) in [5.74, 6) is 0.387. The van der Waals surface area contributed by atoms with Gasteiger partial charge in [0.2, 0.25) is 5.91 Å². The third-order valence-electron chi connectivity index (χ3n) is 3.51. The van der Waals surface area contributed by atoms with Gasteiger partial charge in [-0.05, 0) is 17.6 Å². The number of nitrogens with zero attached hydrogens (tertiary/aromatic N) is 2. The van der Waals surface area contributed by atoms with E-state index in [4.69, 9.17) is 0 Å². The standard InChI is InChI=1S/C16H17N3O2/c20-16(17-15-8-11-21-18-15)12-19-9-6-14(7-10-19)13-4-2-1-3-5-13/h1-6,8,11H,7,9-10,12H2,(H,17,18,20). The Morgan fingerprint density at radius 2 is 2.14 bits per heavy atom. The van der Waals surface area contributed by atoms with Crippen molar-refractivity contribution >= 4 is 17.3 Å². The number of carbonyl (C=O) groups excluding carboxylic acids is 1. The number of aromatic nitrogens is 1. The molecule has 0 unspecified atom stereocenters. The number of hydrogen-bond donors (Lipinski definition) is 1. The predicted molar refractivity (Wildman–Crippen MR) is 80.6 cm³/mol. The van der Waals surface area contributed by atoms with Crippen molar-refractivity contribution in [2.45, 2.75) is 6.42 Å². The fraction of sp³-hybridized carbons (Fsp3) is 0.250. The van der Waals surface area contributed by atoms with Crippen molar-refractivity contribution < 1.29 is 9.32 Å². The van der Waals surface area contributed by atoms with Gasteiger partial charge in [-0.2, -0.15) is 0 Å². The average Bonchev–Trinajstić information content (AvgIpc) is 3.02. The number of nitrogens with one attached hydrogen (secondary N) is 1. The lowest BCUT2D eigenvalue weighted by atomic mass is 10.00. The summed E-state index contributed by atoms with van der Waals surface area (Å²) in [5.41, 5.74) is 2.62. The van der Waals surface area contributed by atoms with Gasteiger partial charge in [-0.25, -0.2) is 0 Å². The SMILES string of the molecule is O=C(CN1CC=C(c2ccccc2)CC1)Nc1ccon1. The van der Waals surface area contributed by atoms with E-state index in [-0.39, 0.29) is 5.91 Å². The van der Waals surface area contributed by atoms with E-state index in [0.29, 0.717) is 12.4 Å². The average molecular weight is 283 g/mol. The summed E-state index contributed by atoms with van der Waals surface area (Å²) in [6, 6.07) is 12.0. The molecule has 0 spiro atoms. The van der Waals surface area contributed by atoms with Gasteiger partial charge < -0.3 is 9.84 Å². The Kier molecular flexibility index (Phi) is 4.12. The molecule has 1 aromatic heterocycles. The van der Waals surface area contributed by atoms with E-state index >= 15 is 0 Å². The minimum atomic E-state index is -0.0690. The van der Waals surface area contributed by atoms with Gasteiger partial charge in [-0.15, -0.1) is 0 Å². The normalized spacial score (nSPS) is 15.5. The number of hydrogen-bond acceptors (Lipinski definition) is 4. The molecular formula is C16H17N3O2. The topological polar surface area (TPSA) is 58.4 Å². The van der Waals surface area contributed by atoms with Crippen LogP contribution in [0, 0.1) is 0 Å². The van der Waals surface area contributed by atoms with E-state index in [1.54, 1.807) is 6.07 Å². The third kappa shape index (κ3) is 3.58. The maximum absolute atomic E-state index is 11.9. The van der Waals surface area contributed by atoms with Gasteiger partial charge in [0, 0.05) is 19.2 Å². The van der Waals surface area contributed by atoms with E-state index in [2.05, 4.69) is 38.1 Å². The van der Waals surface area contributed by atoms with Crippen LogP contribution in [0.2, 0.25) is 0 Å². The Bertz CT molecular complexity index is 620. The molecule has 0 atom stereocenters. The van der Waals surface area contributed by atoms with E-state index in [0.717, 1.165) is 19.5 Å². The highest BCUT2D eigenvalue weighted by Crippen LogP contribution is 2.21. The molecule has 1 aromatic carbocycles. The molecule has 1 aliphatic heterocycles. The molecular weight excluding hydrogens is 266 g/mol. The molecule has 5 nitrogen and oxygen atoms in total. The van der Waals surface area contributed by atoms with Crippen LogP contribution in [0.25, 0.3) is 5.57 Å². The lowest BCUT2D eigenvalue weighted by Gasteiger charge is -2.25. The largest absolute Gasteiger partial charge is 0.363 e. The summed E-state index contributed by atoms with van der Waals surface area (Å²) < 4.78 is 4.68. The maximum atomic E-state index is 11.9. The molecule has 1 amide bonds. The second-order valence-corrected chi connectivity index (χ2v) is 5.01. The Labute approximate surface area is 123 Å². The third-order valence-corrected chi connectivity index (χ3v) is 3.51. The van der Waals surface area contributed by atoms with Crippen LogP contribution in [-0.2, 0) is 4.79 Å². The predicted octanol–water partition coefficient (Wildman–Crippen LogP) is 2.40. The first-order valence-electron chi connectivity index (χ1n) is 6.98. The van der Waals surface area contributed by atoms with Gasteiger partial charge >= 0.3 is 0 Å². The number of benzene rings is 1. The second kappa shape index (κ2) is 6.37. The first-order chi connectivity index (χ1) is 10.3. The summed E-state index contributed by atoms with van der Waals surface area (Å²) in [5, 5.41) is 6.37. The van der Waals surface area contributed by atoms with Crippen LogP contribution in [0.15, 0.2) is 53.3 Å². The van der Waals surface area contributed by atoms with E-state index in [1.807, 2.05) is 18.2 Å². The minimum Gasteiger partial charge on any atom is -0.363 e.